The van der Waals surface area contributed by atoms with Crippen LogP contribution in [-0.2, 0) is 22.3 Å². The molecule has 7 heteroatoms. The van der Waals surface area contributed by atoms with E-state index in [1.54, 1.807) is 17.4 Å². The van der Waals surface area contributed by atoms with Crippen LogP contribution >= 0.6 is 34.5 Å². The lowest BCUT2D eigenvalue weighted by Crippen LogP contribution is -2.02. The van der Waals surface area contributed by atoms with E-state index in [0.717, 1.165) is 15.6 Å². The third-order valence-corrected chi connectivity index (χ3v) is 5.52. The first-order valence-corrected chi connectivity index (χ1v) is 8.59. The minimum atomic E-state index is -1.08. The van der Waals surface area contributed by atoms with Crippen molar-refractivity contribution < 1.29 is 4.21 Å². The summed E-state index contributed by atoms with van der Waals surface area (Å²) in [5.74, 6) is 0.744. The van der Waals surface area contributed by atoms with Crippen molar-refractivity contribution in [2.75, 3.05) is 0 Å². The lowest BCUT2D eigenvalue weighted by molar-refractivity contribution is 0.681. The molecule has 0 saturated heterocycles. The molecule has 0 aliphatic rings. The highest BCUT2D eigenvalue weighted by atomic mass is 35.5. The van der Waals surface area contributed by atoms with Crippen LogP contribution in [0.5, 0.6) is 0 Å². The number of pyridine rings is 1. The van der Waals surface area contributed by atoms with Crippen molar-refractivity contribution in [1.29, 1.82) is 0 Å². The van der Waals surface area contributed by atoms with E-state index in [-0.39, 0.29) is 0 Å². The summed E-state index contributed by atoms with van der Waals surface area (Å²) in [6, 6.07) is 1.61. The summed E-state index contributed by atoms with van der Waals surface area (Å²) in [7, 11) is -1.08. The maximum atomic E-state index is 12.1. The Morgan fingerprint density at radius 3 is 2.63 bits per heavy atom. The minimum absolute atomic E-state index is 0.313. The summed E-state index contributed by atoms with van der Waals surface area (Å²) in [5, 5.41) is 1.82. The Hall–Kier alpha value is -0.490. The van der Waals surface area contributed by atoms with Crippen molar-refractivity contribution >= 4 is 45.3 Å². The molecular formula is C12H12Cl2N2OS2. The highest BCUT2D eigenvalue weighted by molar-refractivity contribution is 7.83. The summed E-state index contributed by atoms with van der Waals surface area (Å²) in [4.78, 5) is 9.65. The minimum Gasteiger partial charge on any atom is -0.259 e. The van der Waals surface area contributed by atoms with Crippen LogP contribution in [0.15, 0.2) is 12.3 Å². The fourth-order valence-electron chi connectivity index (χ4n) is 1.49. The molecule has 102 valence electrons. The quantitative estimate of drug-likeness (QED) is 0.851. The Morgan fingerprint density at radius 2 is 2.05 bits per heavy atom. The first kappa shape index (κ1) is 14.9. The largest absolute Gasteiger partial charge is 0.259 e. The first-order valence-electron chi connectivity index (χ1n) is 5.53. The van der Waals surface area contributed by atoms with Gasteiger partial charge in [-0.05, 0) is 19.9 Å². The van der Waals surface area contributed by atoms with Gasteiger partial charge in [-0.1, -0.05) is 23.2 Å². The summed E-state index contributed by atoms with van der Waals surface area (Å²) >= 11 is 13.4. The monoisotopic (exact) mass is 334 g/mol. The molecule has 1 atom stereocenters. The van der Waals surface area contributed by atoms with Gasteiger partial charge in [-0.15, -0.1) is 11.3 Å². The van der Waals surface area contributed by atoms with Gasteiger partial charge in [0.1, 0.15) is 5.01 Å². The second-order valence-electron chi connectivity index (χ2n) is 4.06. The summed E-state index contributed by atoms with van der Waals surface area (Å²) in [6.07, 6.45) is 1.51. The van der Waals surface area contributed by atoms with Crippen LogP contribution in [0.3, 0.4) is 0 Å². The number of rotatable bonds is 4. The molecule has 2 aromatic heterocycles. The van der Waals surface area contributed by atoms with E-state index in [9.17, 15) is 4.21 Å². The maximum Gasteiger partial charge on any atom is 0.106 e. The van der Waals surface area contributed by atoms with Crippen LogP contribution in [0.25, 0.3) is 0 Å². The normalized spacial score (nSPS) is 12.6. The number of hydrogen-bond acceptors (Lipinski definition) is 4. The van der Waals surface area contributed by atoms with Gasteiger partial charge in [0, 0.05) is 21.9 Å². The van der Waals surface area contributed by atoms with Crippen LogP contribution in [0.4, 0.5) is 0 Å². The smallest absolute Gasteiger partial charge is 0.106 e. The molecule has 0 aliphatic heterocycles. The molecule has 0 aliphatic carbocycles. The van der Waals surface area contributed by atoms with Gasteiger partial charge in [0.15, 0.2) is 0 Å². The Labute approximate surface area is 128 Å². The molecule has 0 bridgehead atoms. The van der Waals surface area contributed by atoms with Crippen LogP contribution < -0.4 is 0 Å². The summed E-state index contributed by atoms with van der Waals surface area (Å²) < 4.78 is 12.1. The highest BCUT2D eigenvalue weighted by Crippen LogP contribution is 2.22. The van der Waals surface area contributed by atoms with Crippen LogP contribution in [-0.4, -0.2) is 14.2 Å². The zero-order chi connectivity index (χ0) is 14.0. The van der Waals surface area contributed by atoms with Gasteiger partial charge < -0.3 is 0 Å². The SMILES string of the molecule is Cc1nc(CS(=O)Cc2ncc(Cl)cc2Cl)sc1C. The Kier molecular flexibility index (Phi) is 4.95. The average molecular weight is 335 g/mol. The Balaban J connectivity index is 2.05. The Morgan fingerprint density at radius 1 is 1.32 bits per heavy atom. The lowest BCUT2D eigenvalue weighted by atomic mass is 10.4. The summed E-state index contributed by atoms with van der Waals surface area (Å²) in [6.45, 7) is 3.97. The van der Waals surface area contributed by atoms with E-state index in [2.05, 4.69) is 9.97 Å². The number of aromatic nitrogens is 2. The molecule has 0 aromatic carbocycles. The molecule has 2 rings (SSSR count). The van der Waals surface area contributed by atoms with Gasteiger partial charge in [0.25, 0.3) is 0 Å². The lowest BCUT2D eigenvalue weighted by Gasteiger charge is -2.03. The number of thiazole rings is 1. The van der Waals surface area contributed by atoms with Crippen molar-refractivity contribution in [3.63, 3.8) is 0 Å². The molecule has 2 aromatic rings. The third-order valence-electron chi connectivity index (χ3n) is 2.54. The topological polar surface area (TPSA) is 42.9 Å². The van der Waals surface area contributed by atoms with Gasteiger partial charge >= 0.3 is 0 Å². The van der Waals surface area contributed by atoms with E-state index in [4.69, 9.17) is 23.2 Å². The van der Waals surface area contributed by atoms with Crippen molar-refractivity contribution in [1.82, 2.24) is 9.97 Å². The van der Waals surface area contributed by atoms with Crippen LogP contribution in [0, 0.1) is 13.8 Å². The van der Waals surface area contributed by atoms with E-state index >= 15 is 0 Å². The number of hydrogen-bond donors (Lipinski definition) is 0. The Bertz CT molecular complexity index is 609. The maximum absolute atomic E-state index is 12.1. The predicted molar refractivity (Wildman–Crippen MR) is 81.4 cm³/mol. The molecule has 0 N–H and O–H groups in total. The van der Waals surface area contributed by atoms with Crippen molar-refractivity contribution in [3.8, 4) is 0 Å². The second kappa shape index (κ2) is 6.31. The van der Waals surface area contributed by atoms with Crippen molar-refractivity contribution in [2.45, 2.75) is 25.4 Å². The molecular weight excluding hydrogens is 323 g/mol. The fraction of sp³-hybridized carbons (Fsp3) is 0.333. The molecule has 0 spiro atoms. The van der Waals surface area contributed by atoms with E-state index in [1.165, 1.54) is 6.20 Å². The second-order valence-corrected chi connectivity index (χ2v) is 7.65. The van der Waals surface area contributed by atoms with Gasteiger partial charge in [-0.25, -0.2) is 4.98 Å². The van der Waals surface area contributed by atoms with Crippen molar-refractivity contribution in [3.05, 3.63) is 43.6 Å². The zero-order valence-electron chi connectivity index (χ0n) is 10.4. The fourth-order valence-corrected chi connectivity index (χ4v) is 4.35. The molecule has 2 heterocycles. The number of aryl methyl sites for hydroxylation is 2. The van der Waals surface area contributed by atoms with E-state index in [1.807, 2.05) is 13.8 Å². The van der Waals surface area contributed by atoms with Crippen LogP contribution in [0.1, 0.15) is 21.3 Å². The van der Waals surface area contributed by atoms with Crippen molar-refractivity contribution in [2.24, 2.45) is 0 Å². The summed E-state index contributed by atoms with van der Waals surface area (Å²) in [5.41, 5.74) is 1.61. The molecule has 19 heavy (non-hydrogen) atoms. The average Bonchev–Trinajstić information content (AvgIpc) is 2.62. The van der Waals surface area contributed by atoms with Gasteiger partial charge in [0.2, 0.25) is 0 Å². The molecule has 1 unspecified atom stereocenters. The first-order chi connectivity index (χ1) is 8.95. The molecule has 0 amide bonds. The molecule has 0 saturated carbocycles. The zero-order valence-corrected chi connectivity index (χ0v) is 13.6. The molecule has 3 nitrogen and oxygen atoms in total. The number of nitrogens with zero attached hydrogens (tertiary/aromatic N) is 2. The van der Waals surface area contributed by atoms with Gasteiger partial charge in [0.05, 0.1) is 32.9 Å². The van der Waals surface area contributed by atoms with Gasteiger partial charge in [-0.2, -0.15) is 0 Å². The van der Waals surface area contributed by atoms with E-state index in [0.29, 0.717) is 27.2 Å². The highest BCUT2D eigenvalue weighted by Gasteiger charge is 2.11. The third kappa shape index (κ3) is 3.99. The standard InChI is InChI=1S/C12H12Cl2N2OS2/c1-7-8(2)18-12(16-7)6-19(17)5-11-10(14)3-9(13)4-15-11/h3-4H,5-6H2,1-2H3. The van der Waals surface area contributed by atoms with Crippen LogP contribution in [0.2, 0.25) is 10.0 Å². The van der Waals surface area contributed by atoms with Gasteiger partial charge in [-0.3, -0.25) is 9.19 Å². The number of halogens is 2. The molecule has 0 radical (unpaired) electrons. The predicted octanol–water partition coefficient (Wildman–Crippen LogP) is 3.91. The molecule has 0 fully saturated rings. The van der Waals surface area contributed by atoms with E-state index < -0.39 is 10.8 Å².